The predicted molar refractivity (Wildman–Crippen MR) is 126 cm³/mol. The number of nitrogens with zero attached hydrogens (tertiary/aromatic N) is 3. The Balaban J connectivity index is 1.32. The molecule has 1 aromatic heterocycles. The van der Waals surface area contributed by atoms with Gasteiger partial charge in [-0.05, 0) is 53.6 Å². The zero-order valence-corrected chi connectivity index (χ0v) is 18.5. The van der Waals surface area contributed by atoms with Crippen molar-refractivity contribution in [2.45, 2.75) is 6.54 Å². The minimum atomic E-state index is -0.512. The first-order chi connectivity index (χ1) is 16.1. The molecule has 1 aliphatic rings. The molecule has 0 atom stereocenters. The summed E-state index contributed by atoms with van der Waals surface area (Å²) in [6.45, 7) is 3.75. The van der Waals surface area contributed by atoms with Gasteiger partial charge in [0.15, 0.2) is 11.6 Å². The molecule has 1 saturated heterocycles. The topological polar surface area (TPSA) is 54.9 Å². The van der Waals surface area contributed by atoms with E-state index in [-0.39, 0.29) is 11.7 Å². The Morgan fingerprint density at radius 1 is 1.18 bits per heavy atom. The molecule has 0 aliphatic carbocycles. The van der Waals surface area contributed by atoms with E-state index in [2.05, 4.69) is 22.0 Å². The van der Waals surface area contributed by atoms with Crippen LogP contribution in [0.1, 0.15) is 11.1 Å². The smallest absolute Gasteiger partial charge is 0.246 e. The van der Waals surface area contributed by atoms with E-state index in [1.807, 2.05) is 12.1 Å². The monoisotopic (exact) mass is 447 g/mol. The number of carbonyl (C=O) groups excluding carboxylic acids is 1. The van der Waals surface area contributed by atoms with Gasteiger partial charge in [0.1, 0.15) is 5.75 Å². The molecule has 1 aliphatic heterocycles. The van der Waals surface area contributed by atoms with Crippen molar-refractivity contribution in [3.63, 3.8) is 0 Å². The molecule has 1 fully saturated rings. The van der Waals surface area contributed by atoms with Crippen LogP contribution in [0.4, 0.5) is 10.1 Å². The van der Waals surface area contributed by atoms with E-state index < -0.39 is 5.82 Å². The van der Waals surface area contributed by atoms with Crippen molar-refractivity contribution in [1.29, 1.82) is 0 Å². The Bertz CT molecular complexity index is 1100. The van der Waals surface area contributed by atoms with E-state index in [0.29, 0.717) is 17.9 Å². The number of likely N-dealkylation sites (N-methyl/N-ethyl adjacent to an activating group) is 1. The molecule has 1 amide bonds. The third kappa shape index (κ3) is 6.17. The first kappa shape index (κ1) is 22.5. The molecular formula is C26H26FN3O3. The largest absolute Gasteiger partial charge is 0.453 e. The van der Waals surface area contributed by atoms with Gasteiger partial charge in [-0.25, -0.2) is 4.39 Å². The van der Waals surface area contributed by atoms with Crippen LogP contribution in [0, 0.1) is 5.82 Å². The number of carbonyl (C=O) groups is 1. The van der Waals surface area contributed by atoms with Crippen LogP contribution >= 0.6 is 0 Å². The predicted octanol–water partition coefficient (Wildman–Crippen LogP) is 4.52. The van der Waals surface area contributed by atoms with E-state index in [1.54, 1.807) is 42.4 Å². The number of hydrogen-bond acceptors (Lipinski definition) is 5. The average molecular weight is 448 g/mol. The zero-order chi connectivity index (χ0) is 23.0. The third-order valence-corrected chi connectivity index (χ3v) is 5.35. The Hall–Kier alpha value is -3.71. The average Bonchev–Trinajstić information content (AvgIpc) is 2.85. The highest BCUT2D eigenvalue weighted by molar-refractivity contribution is 5.91. The first-order valence-electron chi connectivity index (χ1n) is 10.8. The van der Waals surface area contributed by atoms with Gasteiger partial charge in [0.2, 0.25) is 5.91 Å². The summed E-state index contributed by atoms with van der Waals surface area (Å²) in [5, 5.41) is 0. The van der Waals surface area contributed by atoms with Crippen LogP contribution in [-0.4, -0.2) is 49.1 Å². The van der Waals surface area contributed by atoms with Crippen LogP contribution < -0.4 is 9.64 Å². The van der Waals surface area contributed by atoms with E-state index in [9.17, 15) is 9.18 Å². The quantitative estimate of drug-likeness (QED) is 0.499. The summed E-state index contributed by atoms with van der Waals surface area (Å²) in [5.74, 6) is -0.121. The van der Waals surface area contributed by atoms with Crippen LogP contribution in [0.15, 0.2) is 73.1 Å². The maximum absolute atomic E-state index is 14.4. The molecule has 3 aromatic rings. The van der Waals surface area contributed by atoms with Gasteiger partial charge in [0.25, 0.3) is 0 Å². The molecule has 0 radical (unpaired) electrons. The summed E-state index contributed by atoms with van der Waals surface area (Å²) in [4.78, 5) is 20.4. The van der Waals surface area contributed by atoms with Crippen LogP contribution in [0.5, 0.6) is 11.5 Å². The summed E-state index contributed by atoms with van der Waals surface area (Å²) in [5.41, 5.74) is 2.77. The number of aromatic nitrogens is 1. The summed E-state index contributed by atoms with van der Waals surface area (Å²) < 4.78 is 25.3. The second-order valence-electron chi connectivity index (χ2n) is 7.77. The molecule has 2 heterocycles. The van der Waals surface area contributed by atoms with E-state index in [4.69, 9.17) is 9.47 Å². The molecule has 4 rings (SSSR count). The third-order valence-electron chi connectivity index (χ3n) is 5.35. The highest BCUT2D eigenvalue weighted by atomic mass is 19.1. The second-order valence-corrected chi connectivity index (χ2v) is 7.77. The number of amides is 1. The Morgan fingerprint density at radius 3 is 2.67 bits per heavy atom. The molecular weight excluding hydrogens is 421 g/mol. The fourth-order valence-corrected chi connectivity index (χ4v) is 3.52. The number of ether oxygens (including phenoxy) is 2. The van der Waals surface area contributed by atoms with Crippen LogP contribution in [0.2, 0.25) is 0 Å². The van der Waals surface area contributed by atoms with Crippen molar-refractivity contribution in [3.05, 3.63) is 90.0 Å². The standard InChI is InChI=1S/C26H26FN3O3/c1-29(19-21-4-8-22(9-5-21)30-13-15-32-16-14-30)26(31)11-7-20-6-10-25(24(27)17-20)33-23-3-2-12-28-18-23/h2-12,17-18H,13-16,19H2,1H3/b11-7+. The van der Waals surface area contributed by atoms with E-state index >= 15 is 0 Å². The summed E-state index contributed by atoms with van der Waals surface area (Å²) in [6.07, 6.45) is 6.17. The van der Waals surface area contributed by atoms with Gasteiger partial charge in [-0.1, -0.05) is 18.2 Å². The molecule has 0 spiro atoms. The van der Waals surface area contributed by atoms with Crippen molar-refractivity contribution in [3.8, 4) is 11.5 Å². The SMILES string of the molecule is CN(Cc1ccc(N2CCOCC2)cc1)C(=O)/C=C/c1ccc(Oc2cccnc2)c(F)c1. The van der Waals surface area contributed by atoms with Gasteiger partial charge >= 0.3 is 0 Å². The minimum Gasteiger partial charge on any atom is -0.453 e. The van der Waals surface area contributed by atoms with Crippen molar-refractivity contribution < 1.29 is 18.7 Å². The van der Waals surface area contributed by atoms with Gasteiger partial charge in [0, 0.05) is 44.6 Å². The molecule has 0 saturated carbocycles. The normalized spacial score (nSPS) is 13.8. The number of pyridine rings is 1. The maximum atomic E-state index is 14.4. The molecule has 170 valence electrons. The fourth-order valence-electron chi connectivity index (χ4n) is 3.52. The Morgan fingerprint density at radius 2 is 1.97 bits per heavy atom. The lowest BCUT2D eigenvalue weighted by Gasteiger charge is -2.29. The van der Waals surface area contributed by atoms with Crippen molar-refractivity contribution in [2.24, 2.45) is 0 Å². The maximum Gasteiger partial charge on any atom is 0.246 e. The van der Waals surface area contributed by atoms with Gasteiger partial charge in [0.05, 0.1) is 19.4 Å². The number of halogens is 1. The van der Waals surface area contributed by atoms with Gasteiger partial charge < -0.3 is 19.3 Å². The lowest BCUT2D eigenvalue weighted by atomic mass is 10.1. The lowest BCUT2D eigenvalue weighted by molar-refractivity contribution is -0.125. The van der Waals surface area contributed by atoms with Crippen molar-refractivity contribution in [2.75, 3.05) is 38.3 Å². The molecule has 0 N–H and O–H groups in total. The summed E-state index contributed by atoms with van der Waals surface area (Å²) >= 11 is 0. The lowest BCUT2D eigenvalue weighted by Crippen LogP contribution is -2.36. The number of benzene rings is 2. The number of anilines is 1. The number of hydrogen-bond donors (Lipinski definition) is 0. The van der Waals surface area contributed by atoms with Crippen molar-refractivity contribution in [1.82, 2.24) is 9.88 Å². The van der Waals surface area contributed by atoms with Crippen LogP contribution in [-0.2, 0) is 16.1 Å². The Kier molecular flexibility index (Phi) is 7.32. The highest BCUT2D eigenvalue weighted by Gasteiger charge is 2.12. The first-order valence-corrected chi connectivity index (χ1v) is 10.8. The van der Waals surface area contributed by atoms with Gasteiger partial charge in [-0.3, -0.25) is 9.78 Å². The van der Waals surface area contributed by atoms with E-state index in [1.165, 1.54) is 24.4 Å². The zero-order valence-electron chi connectivity index (χ0n) is 18.5. The van der Waals surface area contributed by atoms with Crippen molar-refractivity contribution >= 4 is 17.7 Å². The molecule has 2 aromatic carbocycles. The molecule has 0 unspecified atom stereocenters. The number of rotatable bonds is 7. The second kappa shape index (κ2) is 10.7. The van der Waals surface area contributed by atoms with Gasteiger partial charge in [-0.2, -0.15) is 0 Å². The van der Waals surface area contributed by atoms with Crippen LogP contribution in [0.25, 0.3) is 6.08 Å². The Labute approximate surface area is 192 Å². The molecule has 33 heavy (non-hydrogen) atoms. The molecule has 0 bridgehead atoms. The van der Waals surface area contributed by atoms with Gasteiger partial charge in [-0.15, -0.1) is 0 Å². The van der Waals surface area contributed by atoms with Crippen LogP contribution in [0.3, 0.4) is 0 Å². The number of morpholine rings is 1. The molecule has 6 nitrogen and oxygen atoms in total. The summed E-state index contributed by atoms with van der Waals surface area (Å²) in [6, 6.07) is 16.2. The molecule has 7 heteroatoms. The van der Waals surface area contributed by atoms with E-state index in [0.717, 1.165) is 37.6 Å². The summed E-state index contributed by atoms with van der Waals surface area (Å²) in [7, 11) is 1.74. The minimum absolute atomic E-state index is 0.101. The highest BCUT2D eigenvalue weighted by Crippen LogP contribution is 2.25. The fraction of sp³-hybridized carbons (Fsp3) is 0.231.